The minimum Gasteiger partial charge on any atom is -0.393 e. The van der Waals surface area contributed by atoms with E-state index in [2.05, 4.69) is 5.32 Å². The number of aliphatic hydroxyl groups is 1. The molecule has 0 heterocycles. The van der Waals surface area contributed by atoms with Gasteiger partial charge in [0.2, 0.25) is 5.91 Å². The normalized spacial score (nSPS) is 45.2. The summed E-state index contributed by atoms with van der Waals surface area (Å²) in [6.45, 7) is 3.76. The Balaban J connectivity index is 1.52. The maximum Gasteiger partial charge on any atom is 0.223 e. The second-order valence-corrected chi connectivity index (χ2v) is 6.51. The first-order chi connectivity index (χ1) is 8.08. The highest BCUT2D eigenvalue weighted by Gasteiger charge is 2.67. The molecule has 3 saturated carbocycles. The lowest BCUT2D eigenvalue weighted by Crippen LogP contribution is -2.36. The summed E-state index contributed by atoms with van der Waals surface area (Å²) in [4.78, 5) is 12.1. The molecule has 3 nitrogen and oxygen atoms in total. The van der Waals surface area contributed by atoms with Gasteiger partial charge in [0, 0.05) is 12.0 Å². The van der Waals surface area contributed by atoms with E-state index in [1.807, 2.05) is 6.92 Å². The van der Waals surface area contributed by atoms with Crippen molar-refractivity contribution in [3.05, 3.63) is 0 Å². The van der Waals surface area contributed by atoms with E-state index in [1.54, 1.807) is 6.92 Å². The second kappa shape index (κ2) is 3.98. The van der Waals surface area contributed by atoms with Crippen LogP contribution in [0.3, 0.4) is 0 Å². The highest BCUT2D eigenvalue weighted by atomic mass is 16.3. The molecule has 0 spiro atoms. The Morgan fingerprint density at radius 3 is 2.41 bits per heavy atom. The first-order valence-electron chi connectivity index (χ1n) is 7.06. The first-order valence-corrected chi connectivity index (χ1v) is 7.06. The summed E-state index contributed by atoms with van der Waals surface area (Å²) in [5.41, 5.74) is 0. The Labute approximate surface area is 103 Å². The number of carbonyl (C=O) groups excluding carboxylic acids is 1. The average Bonchev–Trinajstić information content (AvgIpc) is 2.67. The monoisotopic (exact) mass is 237 g/mol. The maximum atomic E-state index is 12.1. The van der Waals surface area contributed by atoms with Gasteiger partial charge in [-0.1, -0.05) is 0 Å². The number of fused-ring (bicyclic) bond motifs is 5. The van der Waals surface area contributed by atoms with Crippen molar-refractivity contribution >= 4 is 5.91 Å². The Bertz CT molecular complexity index is 312. The third-order valence-electron chi connectivity index (χ3n) is 5.12. The molecule has 3 heteroatoms. The summed E-state index contributed by atoms with van der Waals surface area (Å²) in [5, 5.41) is 12.4. The van der Waals surface area contributed by atoms with E-state index in [0.717, 1.165) is 11.8 Å². The van der Waals surface area contributed by atoms with Crippen LogP contribution in [0.5, 0.6) is 0 Å². The van der Waals surface area contributed by atoms with E-state index in [9.17, 15) is 9.90 Å². The van der Waals surface area contributed by atoms with E-state index >= 15 is 0 Å². The van der Waals surface area contributed by atoms with E-state index in [1.165, 1.54) is 19.3 Å². The standard InChI is InChI=1S/C14H23NO2/c1-7(5-8(2)16)15-14(17)13-11-9-3-4-10(6-9)12(11)13/h7-13,16H,3-6H2,1-2H3,(H,15,17). The molecular formula is C14H23NO2. The molecule has 0 aromatic carbocycles. The van der Waals surface area contributed by atoms with E-state index in [-0.39, 0.29) is 18.1 Å². The number of aliphatic hydroxyl groups excluding tert-OH is 1. The van der Waals surface area contributed by atoms with Crippen molar-refractivity contribution in [2.24, 2.45) is 29.6 Å². The minimum atomic E-state index is -0.333. The van der Waals surface area contributed by atoms with Crippen LogP contribution in [-0.2, 0) is 4.79 Å². The van der Waals surface area contributed by atoms with Gasteiger partial charge in [0.15, 0.2) is 0 Å². The zero-order valence-corrected chi connectivity index (χ0v) is 10.7. The van der Waals surface area contributed by atoms with E-state index < -0.39 is 0 Å². The number of hydrogen-bond donors (Lipinski definition) is 2. The van der Waals surface area contributed by atoms with Gasteiger partial charge >= 0.3 is 0 Å². The van der Waals surface area contributed by atoms with Gasteiger partial charge in [-0.2, -0.15) is 0 Å². The van der Waals surface area contributed by atoms with Crippen molar-refractivity contribution in [3.63, 3.8) is 0 Å². The van der Waals surface area contributed by atoms with E-state index in [4.69, 9.17) is 0 Å². The van der Waals surface area contributed by atoms with E-state index in [0.29, 0.717) is 24.2 Å². The van der Waals surface area contributed by atoms with Gasteiger partial charge in [0.25, 0.3) is 0 Å². The van der Waals surface area contributed by atoms with Crippen molar-refractivity contribution in [2.75, 3.05) is 0 Å². The van der Waals surface area contributed by atoms with Crippen molar-refractivity contribution in [1.82, 2.24) is 5.32 Å². The molecule has 0 aliphatic heterocycles. The SMILES string of the molecule is CC(O)CC(C)NC(=O)C1C2C3CCC(C3)C12. The molecule has 2 N–H and O–H groups in total. The maximum absolute atomic E-state index is 12.1. The Morgan fingerprint density at radius 1 is 1.29 bits per heavy atom. The number of amides is 1. The third kappa shape index (κ3) is 1.88. The lowest BCUT2D eigenvalue weighted by Gasteiger charge is -2.16. The molecule has 6 unspecified atom stereocenters. The third-order valence-corrected chi connectivity index (χ3v) is 5.12. The van der Waals surface area contributed by atoms with Crippen LogP contribution >= 0.6 is 0 Å². The van der Waals surface area contributed by atoms with Gasteiger partial charge in [-0.25, -0.2) is 0 Å². The molecule has 1 amide bonds. The first kappa shape index (κ1) is 11.5. The van der Waals surface area contributed by atoms with Gasteiger partial charge in [0.1, 0.15) is 0 Å². The van der Waals surface area contributed by atoms with Gasteiger partial charge in [-0.15, -0.1) is 0 Å². The molecule has 3 aliphatic carbocycles. The minimum absolute atomic E-state index is 0.0986. The summed E-state index contributed by atoms with van der Waals surface area (Å²) < 4.78 is 0. The summed E-state index contributed by atoms with van der Waals surface area (Å²) in [7, 11) is 0. The van der Waals surface area contributed by atoms with Gasteiger partial charge in [-0.05, 0) is 63.2 Å². The Kier molecular flexibility index (Phi) is 2.69. The largest absolute Gasteiger partial charge is 0.393 e. The topological polar surface area (TPSA) is 49.3 Å². The van der Waals surface area contributed by atoms with Gasteiger partial charge < -0.3 is 10.4 Å². The van der Waals surface area contributed by atoms with Crippen LogP contribution in [0.25, 0.3) is 0 Å². The lowest BCUT2D eigenvalue weighted by molar-refractivity contribution is -0.124. The molecule has 17 heavy (non-hydrogen) atoms. The van der Waals surface area contributed by atoms with Crippen LogP contribution in [0, 0.1) is 29.6 Å². The van der Waals surface area contributed by atoms with Crippen LogP contribution in [0.4, 0.5) is 0 Å². The van der Waals surface area contributed by atoms with Crippen LogP contribution < -0.4 is 5.32 Å². The van der Waals surface area contributed by atoms with Crippen molar-refractivity contribution in [2.45, 2.75) is 51.7 Å². The summed E-state index contributed by atoms with van der Waals surface area (Å²) in [6.07, 6.45) is 4.43. The fraction of sp³-hybridized carbons (Fsp3) is 0.929. The van der Waals surface area contributed by atoms with Crippen LogP contribution in [0.15, 0.2) is 0 Å². The molecule has 2 bridgehead atoms. The predicted molar refractivity (Wildman–Crippen MR) is 65.2 cm³/mol. The van der Waals surface area contributed by atoms with Crippen LogP contribution in [0.1, 0.15) is 39.5 Å². The molecule has 96 valence electrons. The highest BCUT2D eigenvalue weighted by molar-refractivity contribution is 5.83. The molecule has 3 rings (SSSR count). The molecule has 0 aromatic heterocycles. The molecule has 0 aromatic rings. The van der Waals surface area contributed by atoms with Crippen LogP contribution in [-0.4, -0.2) is 23.2 Å². The number of nitrogens with one attached hydrogen (secondary N) is 1. The molecular weight excluding hydrogens is 214 g/mol. The molecule has 0 saturated heterocycles. The zero-order valence-electron chi connectivity index (χ0n) is 10.7. The summed E-state index contributed by atoms with van der Waals surface area (Å²) in [6, 6.07) is 0.0986. The number of carbonyl (C=O) groups is 1. The summed E-state index contributed by atoms with van der Waals surface area (Å²) >= 11 is 0. The zero-order chi connectivity index (χ0) is 12.2. The quantitative estimate of drug-likeness (QED) is 0.779. The van der Waals surface area contributed by atoms with Gasteiger partial charge in [0.05, 0.1) is 6.10 Å². The van der Waals surface area contributed by atoms with Crippen molar-refractivity contribution < 1.29 is 9.90 Å². The molecule has 6 atom stereocenters. The number of rotatable bonds is 4. The molecule has 0 radical (unpaired) electrons. The van der Waals surface area contributed by atoms with Crippen molar-refractivity contribution in [3.8, 4) is 0 Å². The van der Waals surface area contributed by atoms with Crippen molar-refractivity contribution in [1.29, 1.82) is 0 Å². The Morgan fingerprint density at radius 2 is 1.88 bits per heavy atom. The number of hydrogen-bond acceptors (Lipinski definition) is 2. The lowest BCUT2D eigenvalue weighted by atomic mass is 10.0. The predicted octanol–water partition coefficient (Wildman–Crippen LogP) is 1.55. The van der Waals surface area contributed by atoms with Crippen LogP contribution in [0.2, 0.25) is 0 Å². The fourth-order valence-corrected chi connectivity index (χ4v) is 4.59. The highest BCUT2D eigenvalue weighted by Crippen LogP contribution is 2.69. The fourth-order valence-electron chi connectivity index (χ4n) is 4.59. The average molecular weight is 237 g/mol. The molecule has 3 fully saturated rings. The smallest absolute Gasteiger partial charge is 0.223 e. The second-order valence-electron chi connectivity index (χ2n) is 6.51. The van der Waals surface area contributed by atoms with Gasteiger partial charge in [-0.3, -0.25) is 4.79 Å². The summed E-state index contributed by atoms with van der Waals surface area (Å²) in [5.74, 6) is 3.71. The molecule has 3 aliphatic rings. The Hall–Kier alpha value is -0.570.